The molecule has 0 saturated heterocycles. The number of rotatable bonds is 3. The second-order valence-electron chi connectivity index (χ2n) is 3.62. The molecule has 1 rings (SSSR count). The normalized spacial score (nSPS) is 11.6. The second-order valence-corrected chi connectivity index (χ2v) is 3.62. The zero-order chi connectivity index (χ0) is 11.6. The van der Waals surface area contributed by atoms with Gasteiger partial charge < -0.3 is 4.74 Å². The molecular weight excluding hydrogens is 198 g/mol. The van der Waals surface area contributed by atoms with E-state index < -0.39 is 5.92 Å². The van der Waals surface area contributed by atoms with Crippen molar-refractivity contribution in [2.24, 2.45) is 0 Å². The first kappa shape index (κ1) is 12.0. The summed E-state index contributed by atoms with van der Waals surface area (Å²) < 4.78 is 32.1. The number of benzene rings is 1. The van der Waals surface area contributed by atoms with Gasteiger partial charge in [-0.15, -0.1) is 0 Å². The molecule has 0 spiro atoms. The van der Waals surface area contributed by atoms with E-state index in [0.717, 1.165) is 5.56 Å². The van der Waals surface area contributed by atoms with E-state index in [2.05, 4.69) is 0 Å². The van der Waals surface area contributed by atoms with Crippen LogP contribution in [0, 0.1) is 13.8 Å². The summed E-state index contributed by atoms with van der Waals surface area (Å²) in [6, 6.07) is 3.05. The third-order valence-electron chi connectivity index (χ3n) is 2.80. The topological polar surface area (TPSA) is 9.23 Å². The quantitative estimate of drug-likeness (QED) is 0.743. The van der Waals surface area contributed by atoms with Crippen molar-refractivity contribution in [2.75, 3.05) is 7.11 Å². The molecule has 15 heavy (non-hydrogen) atoms. The van der Waals surface area contributed by atoms with Crippen molar-refractivity contribution in [3.05, 3.63) is 28.8 Å². The van der Waals surface area contributed by atoms with Crippen LogP contribution in [0.2, 0.25) is 0 Å². The number of hydrogen-bond donors (Lipinski definition) is 0. The molecule has 0 atom stereocenters. The van der Waals surface area contributed by atoms with Crippen LogP contribution in [0.4, 0.5) is 8.78 Å². The number of alkyl halides is 2. The van der Waals surface area contributed by atoms with Gasteiger partial charge in [-0.2, -0.15) is 0 Å². The SMILES string of the molecule is CCC(F)(F)c1ccc(OC)c(C)c1C. The van der Waals surface area contributed by atoms with Gasteiger partial charge in [-0.25, -0.2) is 8.78 Å². The largest absolute Gasteiger partial charge is 0.496 e. The van der Waals surface area contributed by atoms with Crippen molar-refractivity contribution in [1.29, 1.82) is 0 Å². The molecule has 0 aromatic heterocycles. The minimum atomic E-state index is -2.75. The number of ether oxygens (including phenoxy) is 1. The Morgan fingerprint density at radius 1 is 1.20 bits per heavy atom. The Bertz CT molecular complexity index is 359. The van der Waals surface area contributed by atoms with Gasteiger partial charge in [0.1, 0.15) is 5.75 Å². The van der Waals surface area contributed by atoms with Crippen molar-refractivity contribution in [3.8, 4) is 5.75 Å². The van der Waals surface area contributed by atoms with Crippen molar-refractivity contribution < 1.29 is 13.5 Å². The fourth-order valence-electron chi connectivity index (χ4n) is 1.60. The summed E-state index contributed by atoms with van der Waals surface area (Å²) in [6.45, 7) is 4.99. The summed E-state index contributed by atoms with van der Waals surface area (Å²) in [5, 5.41) is 0. The first-order valence-corrected chi connectivity index (χ1v) is 4.96. The van der Waals surface area contributed by atoms with Crippen LogP contribution in [-0.2, 0) is 5.92 Å². The highest BCUT2D eigenvalue weighted by molar-refractivity contribution is 5.45. The van der Waals surface area contributed by atoms with E-state index in [0.29, 0.717) is 11.3 Å². The zero-order valence-corrected chi connectivity index (χ0v) is 9.53. The van der Waals surface area contributed by atoms with Gasteiger partial charge in [0.15, 0.2) is 0 Å². The van der Waals surface area contributed by atoms with Crippen molar-refractivity contribution >= 4 is 0 Å². The maximum absolute atomic E-state index is 13.5. The summed E-state index contributed by atoms with van der Waals surface area (Å²) in [6.07, 6.45) is -0.181. The molecule has 0 bridgehead atoms. The summed E-state index contributed by atoms with van der Waals surface area (Å²) in [4.78, 5) is 0. The fraction of sp³-hybridized carbons (Fsp3) is 0.500. The molecule has 0 aliphatic heterocycles. The number of hydrogen-bond acceptors (Lipinski definition) is 1. The van der Waals surface area contributed by atoms with Gasteiger partial charge in [0.2, 0.25) is 0 Å². The molecule has 1 aromatic carbocycles. The molecule has 0 fully saturated rings. The highest BCUT2D eigenvalue weighted by Gasteiger charge is 2.31. The van der Waals surface area contributed by atoms with Crippen LogP contribution in [-0.4, -0.2) is 7.11 Å². The van der Waals surface area contributed by atoms with Crippen LogP contribution in [0.3, 0.4) is 0 Å². The molecule has 0 aliphatic rings. The van der Waals surface area contributed by atoms with Crippen LogP contribution in [0.15, 0.2) is 12.1 Å². The molecule has 3 heteroatoms. The van der Waals surface area contributed by atoms with Crippen LogP contribution in [0.1, 0.15) is 30.0 Å². The molecule has 1 aromatic rings. The Morgan fingerprint density at radius 2 is 1.80 bits per heavy atom. The summed E-state index contributed by atoms with van der Waals surface area (Å²) >= 11 is 0. The van der Waals surface area contributed by atoms with E-state index in [1.807, 2.05) is 0 Å². The predicted molar refractivity (Wildman–Crippen MR) is 56.7 cm³/mol. The second kappa shape index (κ2) is 4.17. The van der Waals surface area contributed by atoms with Crippen LogP contribution in [0.25, 0.3) is 0 Å². The molecule has 0 unspecified atom stereocenters. The van der Waals surface area contributed by atoms with Crippen LogP contribution >= 0.6 is 0 Å². The molecule has 0 heterocycles. The summed E-state index contributed by atoms with van der Waals surface area (Å²) in [7, 11) is 1.54. The Kier molecular flexibility index (Phi) is 3.32. The summed E-state index contributed by atoms with van der Waals surface area (Å²) in [5.41, 5.74) is 1.49. The molecule has 0 amide bonds. The zero-order valence-electron chi connectivity index (χ0n) is 9.53. The standard InChI is InChI=1S/C12H16F2O/c1-5-12(13,14)10-6-7-11(15-4)9(3)8(10)2/h6-7H,5H2,1-4H3. The van der Waals surface area contributed by atoms with Crippen LogP contribution in [0.5, 0.6) is 5.75 Å². The fourth-order valence-corrected chi connectivity index (χ4v) is 1.60. The predicted octanol–water partition coefficient (Wildman–Crippen LogP) is 3.81. The maximum atomic E-state index is 13.5. The Labute approximate surface area is 89.1 Å². The van der Waals surface area contributed by atoms with E-state index in [-0.39, 0.29) is 12.0 Å². The van der Waals surface area contributed by atoms with Gasteiger partial charge in [0.25, 0.3) is 5.92 Å². The smallest absolute Gasteiger partial charge is 0.273 e. The lowest BCUT2D eigenvalue weighted by molar-refractivity contribution is -0.00899. The average Bonchev–Trinajstić information content (AvgIpc) is 2.21. The molecule has 1 nitrogen and oxygen atoms in total. The van der Waals surface area contributed by atoms with Crippen LogP contribution < -0.4 is 4.74 Å². The third-order valence-corrected chi connectivity index (χ3v) is 2.80. The lowest BCUT2D eigenvalue weighted by atomic mass is 9.96. The third kappa shape index (κ3) is 2.11. The van der Waals surface area contributed by atoms with Gasteiger partial charge in [-0.1, -0.05) is 6.92 Å². The first-order chi connectivity index (χ1) is 6.94. The molecule has 84 valence electrons. The van der Waals surface area contributed by atoms with Gasteiger partial charge >= 0.3 is 0 Å². The van der Waals surface area contributed by atoms with Gasteiger partial charge in [-0.3, -0.25) is 0 Å². The van der Waals surface area contributed by atoms with E-state index in [1.165, 1.54) is 13.0 Å². The Balaban J connectivity index is 3.29. The lowest BCUT2D eigenvalue weighted by Crippen LogP contribution is -2.14. The first-order valence-electron chi connectivity index (χ1n) is 4.96. The lowest BCUT2D eigenvalue weighted by Gasteiger charge is -2.19. The van der Waals surface area contributed by atoms with Crippen molar-refractivity contribution in [3.63, 3.8) is 0 Å². The van der Waals surface area contributed by atoms with E-state index in [1.54, 1.807) is 27.0 Å². The Hall–Kier alpha value is -1.12. The van der Waals surface area contributed by atoms with Gasteiger partial charge in [-0.05, 0) is 37.1 Å². The minimum Gasteiger partial charge on any atom is -0.496 e. The highest BCUT2D eigenvalue weighted by atomic mass is 19.3. The average molecular weight is 214 g/mol. The molecule has 0 aliphatic carbocycles. The molecule has 0 radical (unpaired) electrons. The minimum absolute atomic E-state index is 0.100. The molecule has 0 saturated carbocycles. The monoisotopic (exact) mass is 214 g/mol. The van der Waals surface area contributed by atoms with E-state index in [4.69, 9.17) is 4.74 Å². The highest BCUT2D eigenvalue weighted by Crippen LogP contribution is 2.36. The van der Waals surface area contributed by atoms with Gasteiger partial charge in [0, 0.05) is 12.0 Å². The van der Waals surface area contributed by atoms with Gasteiger partial charge in [0.05, 0.1) is 7.11 Å². The van der Waals surface area contributed by atoms with Crippen molar-refractivity contribution in [1.82, 2.24) is 0 Å². The maximum Gasteiger partial charge on any atom is 0.273 e. The summed E-state index contributed by atoms with van der Waals surface area (Å²) in [5.74, 6) is -2.09. The molecule has 0 N–H and O–H groups in total. The van der Waals surface area contributed by atoms with Crippen molar-refractivity contribution in [2.45, 2.75) is 33.1 Å². The molecular formula is C12H16F2O. The Morgan fingerprint density at radius 3 is 2.27 bits per heavy atom. The van der Waals surface area contributed by atoms with E-state index in [9.17, 15) is 8.78 Å². The van der Waals surface area contributed by atoms with E-state index >= 15 is 0 Å². The number of methoxy groups -OCH3 is 1. The number of halogens is 2.